The van der Waals surface area contributed by atoms with E-state index in [4.69, 9.17) is 27.9 Å². The van der Waals surface area contributed by atoms with Crippen LogP contribution in [0, 0.1) is 0 Å². The zero-order chi connectivity index (χ0) is 14.5. The van der Waals surface area contributed by atoms with Crippen LogP contribution in [0.15, 0.2) is 48.5 Å². The van der Waals surface area contributed by atoms with Gasteiger partial charge in [-0.25, -0.2) is 4.79 Å². The van der Waals surface area contributed by atoms with Crippen LogP contribution < -0.4 is 4.74 Å². The van der Waals surface area contributed by atoms with Gasteiger partial charge in [0.25, 0.3) is 0 Å². The summed E-state index contributed by atoms with van der Waals surface area (Å²) in [7, 11) is 0. The Labute approximate surface area is 126 Å². The first-order valence-electron chi connectivity index (χ1n) is 5.94. The molecule has 0 heterocycles. The summed E-state index contributed by atoms with van der Waals surface area (Å²) in [6.45, 7) is 0. The summed E-state index contributed by atoms with van der Waals surface area (Å²) in [6.07, 6.45) is -0.769. The van der Waals surface area contributed by atoms with Gasteiger partial charge in [0.1, 0.15) is 5.75 Å². The highest BCUT2D eigenvalue weighted by Crippen LogP contribution is 2.20. The second-order valence-electron chi connectivity index (χ2n) is 4.24. The normalized spacial score (nSPS) is 11.9. The molecular weight excluding hydrogens is 299 g/mol. The van der Waals surface area contributed by atoms with Crippen molar-refractivity contribution in [1.82, 2.24) is 0 Å². The molecule has 0 saturated heterocycles. The number of rotatable bonds is 5. The van der Waals surface area contributed by atoms with Gasteiger partial charge < -0.3 is 9.84 Å². The lowest BCUT2D eigenvalue weighted by atomic mass is 10.1. The molecule has 0 aliphatic heterocycles. The Morgan fingerprint density at radius 2 is 1.75 bits per heavy atom. The molecule has 3 nitrogen and oxygen atoms in total. The zero-order valence-electron chi connectivity index (χ0n) is 10.4. The van der Waals surface area contributed by atoms with Crippen LogP contribution in [0.3, 0.4) is 0 Å². The van der Waals surface area contributed by atoms with Crippen LogP contribution in [0.2, 0.25) is 10.0 Å². The summed E-state index contributed by atoms with van der Waals surface area (Å²) in [5.41, 5.74) is 0.798. The van der Waals surface area contributed by atoms with E-state index in [9.17, 15) is 9.90 Å². The van der Waals surface area contributed by atoms with Gasteiger partial charge in [-0.1, -0.05) is 41.4 Å². The van der Waals surface area contributed by atoms with E-state index in [2.05, 4.69) is 0 Å². The van der Waals surface area contributed by atoms with Crippen molar-refractivity contribution in [2.75, 3.05) is 0 Å². The van der Waals surface area contributed by atoms with E-state index in [1.807, 2.05) is 6.07 Å². The second kappa shape index (κ2) is 6.64. The Morgan fingerprint density at radius 3 is 2.35 bits per heavy atom. The fraction of sp³-hybridized carbons (Fsp3) is 0.133. The molecule has 0 spiro atoms. The molecule has 0 unspecified atom stereocenters. The molecule has 1 atom stereocenters. The largest absolute Gasteiger partial charge is 0.478 e. The number of halogens is 2. The molecule has 104 valence electrons. The van der Waals surface area contributed by atoms with Crippen molar-refractivity contribution in [2.24, 2.45) is 0 Å². The number of carboxylic acids is 1. The molecule has 0 radical (unpaired) electrons. The fourth-order valence-electron chi connectivity index (χ4n) is 1.76. The Morgan fingerprint density at radius 1 is 1.10 bits per heavy atom. The maximum Gasteiger partial charge on any atom is 0.345 e. The van der Waals surface area contributed by atoms with Crippen molar-refractivity contribution in [1.29, 1.82) is 0 Å². The molecule has 20 heavy (non-hydrogen) atoms. The van der Waals surface area contributed by atoms with E-state index in [-0.39, 0.29) is 6.42 Å². The highest BCUT2D eigenvalue weighted by molar-refractivity contribution is 6.30. The van der Waals surface area contributed by atoms with Gasteiger partial charge >= 0.3 is 5.97 Å². The second-order valence-corrected chi connectivity index (χ2v) is 5.11. The molecule has 5 heteroatoms. The number of ether oxygens (including phenoxy) is 1. The van der Waals surface area contributed by atoms with E-state index in [1.54, 1.807) is 42.5 Å². The zero-order valence-corrected chi connectivity index (χ0v) is 11.9. The van der Waals surface area contributed by atoms with Gasteiger partial charge in [0.2, 0.25) is 0 Å². The summed E-state index contributed by atoms with van der Waals surface area (Å²) < 4.78 is 5.47. The molecule has 0 aromatic heterocycles. The van der Waals surface area contributed by atoms with E-state index < -0.39 is 12.1 Å². The molecule has 0 amide bonds. The van der Waals surface area contributed by atoms with E-state index in [0.29, 0.717) is 15.8 Å². The van der Waals surface area contributed by atoms with Crippen LogP contribution in [-0.4, -0.2) is 17.2 Å². The SMILES string of the molecule is O=C(O)[C@H](Cc1cccc(Cl)c1)Oc1cccc(Cl)c1. The molecule has 2 rings (SSSR count). The molecule has 2 aromatic rings. The fourth-order valence-corrected chi connectivity index (χ4v) is 2.16. The van der Waals surface area contributed by atoms with Gasteiger partial charge in [0.05, 0.1) is 0 Å². The molecule has 1 N–H and O–H groups in total. The lowest BCUT2D eigenvalue weighted by molar-refractivity contribution is -0.145. The average molecular weight is 311 g/mol. The molecule has 0 aliphatic carbocycles. The number of benzene rings is 2. The summed E-state index contributed by atoms with van der Waals surface area (Å²) >= 11 is 11.7. The van der Waals surface area contributed by atoms with Crippen molar-refractivity contribution in [3.05, 3.63) is 64.1 Å². The predicted octanol–water partition coefficient (Wildman–Crippen LogP) is 4.07. The third kappa shape index (κ3) is 4.15. The van der Waals surface area contributed by atoms with Gasteiger partial charge in [0, 0.05) is 16.5 Å². The van der Waals surface area contributed by atoms with Crippen molar-refractivity contribution >= 4 is 29.2 Å². The monoisotopic (exact) mass is 310 g/mol. The lowest BCUT2D eigenvalue weighted by Gasteiger charge is -2.15. The Bertz CT molecular complexity index is 566. The first-order chi connectivity index (χ1) is 9.54. The third-order valence-corrected chi connectivity index (χ3v) is 3.13. The number of hydrogen-bond donors (Lipinski definition) is 1. The Hall–Kier alpha value is -1.71. The summed E-state index contributed by atoms with van der Waals surface area (Å²) in [5, 5.41) is 10.3. The molecule has 0 saturated carbocycles. The highest BCUT2D eigenvalue weighted by Gasteiger charge is 2.20. The number of carboxylic acid groups (broad SMARTS) is 1. The van der Waals surface area contributed by atoms with Crippen molar-refractivity contribution in [2.45, 2.75) is 12.5 Å². The van der Waals surface area contributed by atoms with Gasteiger partial charge in [-0.3, -0.25) is 0 Å². The van der Waals surface area contributed by atoms with Crippen LogP contribution in [0.25, 0.3) is 0 Å². The summed E-state index contributed by atoms with van der Waals surface area (Å²) in [6, 6.07) is 13.7. The highest BCUT2D eigenvalue weighted by atomic mass is 35.5. The topological polar surface area (TPSA) is 46.5 Å². The maximum absolute atomic E-state index is 11.3. The number of hydrogen-bond acceptors (Lipinski definition) is 2. The lowest BCUT2D eigenvalue weighted by Crippen LogP contribution is -2.29. The molecular formula is C15H12Cl2O3. The van der Waals surface area contributed by atoms with Crippen molar-refractivity contribution in [3.63, 3.8) is 0 Å². The minimum atomic E-state index is -1.04. The summed E-state index contributed by atoms with van der Waals surface area (Å²) in [5.74, 6) is -0.614. The first-order valence-corrected chi connectivity index (χ1v) is 6.69. The van der Waals surface area contributed by atoms with Gasteiger partial charge in [-0.15, -0.1) is 0 Å². The van der Waals surface area contributed by atoms with Crippen LogP contribution in [0.1, 0.15) is 5.56 Å². The van der Waals surface area contributed by atoms with E-state index in [0.717, 1.165) is 5.56 Å². The van der Waals surface area contributed by atoms with Crippen molar-refractivity contribution < 1.29 is 14.6 Å². The van der Waals surface area contributed by atoms with Crippen LogP contribution >= 0.6 is 23.2 Å². The first kappa shape index (κ1) is 14.7. The van der Waals surface area contributed by atoms with Gasteiger partial charge in [-0.2, -0.15) is 0 Å². The van der Waals surface area contributed by atoms with Crippen LogP contribution in [0.4, 0.5) is 0 Å². The van der Waals surface area contributed by atoms with Gasteiger partial charge in [0.15, 0.2) is 6.10 Å². The minimum Gasteiger partial charge on any atom is -0.478 e. The molecule has 0 aliphatic rings. The molecule has 0 fully saturated rings. The predicted molar refractivity (Wildman–Crippen MR) is 78.7 cm³/mol. The Kier molecular flexibility index (Phi) is 4.88. The summed E-state index contributed by atoms with van der Waals surface area (Å²) in [4.78, 5) is 11.3. The Balaban J connectivity index is 2.13. The van der Waals surface area contributed by atoms with E-state index >= 15 is 0 Å². The maximum atomic E-state index is 11.3. The standard InChI is InChI=1S/C15H12Cl2O3/c16-11-4-1-3-10(7-11)8-14(15(18)19)20-13-6-2-5-12(17)9-13/h1-7,9,14H,8H2,(H,18,19)/t14-/m0/s1. The number of aliphatic carboxylic acids is 1. The van der Waals surface area contributed by atoms with Crippen LogP contribution in [0.5, 0.6) is 5.75 Å². The van der Waals surface area contributed by atoms with Crippen LogP contribution in [-0.2, 0) is 11.2 Å². The third-order valence-electron chi connectivity index (χ3n) is 2.66. The smallest absolute Gasteiger partial charge is 0.345 e. The van der Waals surface area contributed by atoms with Crippen molar-refractivity contribution in [3.8, 4) is 5.75 Å². The van der Waals surface area contributed by atoms with Gasteiger partial charge in [-0.05, 0) is 35.9 Å². The van der Waals surface area contributed by atoms with E-state index in [1.165, 1.54) is 0 Å². The molecule has 0 bridgehead atoms. The molecule has 2 aromatic carbocycles. The minimum absolute atomic E-state index is 0.225. The quantitative estimate of drug-likeness (QED) is 0.905. The average Bonchev–Trinajstić information content (AvgIpc) is 2.38. The number of carbonyl (C=O) groups is 1.